The summed E-state index contributed by atoms with van der Waals surface area (Å²) in [5, 5.41) is 15.1. The largest absolute Gasteiger partial charge is 0.397 e. The molecule has 8 nitrogen and oxygen atoms in total. The van der Waals surface area contributed by atoms with Crippen LogP contribution >= 0.6 is 35.6 Å². The highest BCUT2D eigenvalue weighted by Crippen LogP contribution is 2.36. The summed E-state index contributed by atoms with van der Waals surface area (Å²) in [4.78, 5) is 33.3. The second-order valence-electron chi connectivity index (χ2n) is 10.7. The topological polar surface area (TPSA) is 134 Å². The van der Waals surface area contributed by atoms with Crippen molar-refractivity contribution in [3.8, 4) is 6.07 Å². The van der Waals surface area contributed by atoms with E-state index in [4.69, 9.17) is 22.6 Å². The summed E-state index contributed by atoms with van der Waals surface area (Å²) in [5.74, 6) is -1.04. The molecule has 0 saturated carbocycles. The van der Waals surface area contributed by atoms with Crippen molar-refractivity contribution in [2.75, 3.05) is 22.1 Å². The smallest absolute Gasteiger partial charge is 0.267 e. The molecule has 3 aromatic heterocycles. The lowest BCUT2D eigenvalue weighted by molar-refractivity contribution is -0.113. The van der Waals surface area contributed by atoms with Crippen molar-refractivity contribution in [3.05, 3.63) is 110 Å². The number of benzene rings is 2. The van der Waals surface area contributed by atoms with Gasteiger partial charge in [-0.3, -0.25) is 9.59 Å². The number of carbonyl (C=O) groups excluding carboxylic acids is 2. The number of nitrogen functional groups attached to an aromatic ring is 1. The second kappa shape index (κ2) is 15.3. The molecule has 7 rings (SSSR count). The molecule has 0 radical (unpaired) electrons. The van der Waals surface area contributed by atoms with Crippen molar-refractivity contribution < 1.29 is 18.4 Å². The van der Waals surface area contributed by atoms with E-state index in [1.807, 2.05) is 12.1 Å². The standard InChI is InChI=1S/C17H14FN3OS.C9H7ClN2.C8H8FNOS/c18-10-4-6-11(7-5-10)20-16(22)15-14(19)12-8-9-2-1-3-13(9)21-17(12)23-15;10-9-7(5-11)4-6-2-1-3-8(6)12-9;9-6-1-3-7(4-2-6)10-8(11)5-12/h4-8H,1-3,19H2,(H,20,22);4H,1-3H2;1-4,12H,5H2,(H,10,11). The average Bonchev–Trinajstić information content (AvgIpc) is 3.81. The number of pyridine rings is 2. The molecular weight excluding hydrogens is 662 g/mol. The zero-order chi connectivity index (χ0) is 33.5. The van der Waals surface area contributed by atoms with E-state index in [0.717, 1.165) is 60.1 Å². The van der Waals surface area contributed by atoms with Gasteiger partial charge in [0.2, 0.25) is 5.91 Å². The number of hydrogen-bond acceptors (Lipinski definition) is 8. The first-order valence-electron chi connectivity index (χ1n) is 14.7. The van der Waals surface area contributed by atoms with Crippen LogP contribution in [0.25, 0.3) is 10.2 Å². The fourth-order valence-corrected chi connectivity index (χ4v) is 6.42. The van der Waals surface area contributed by atoms with E-state index in [1.54, 1.807) is 0 Å². The first kappa shape index (κ1) is 33.8. The van der Waals surface area contributed by atoms with Crippen LogP contribution < -0.4 is 16.4 Å². The molecule has 0 aliphatic heterocycles. The lowest BCUT2D eigenvalue weighted by Crippen LogP contribution is -2.12. The molecule has 47 heavy (non-hydrogen) atoms. The first-order chi connectivity index (χ1) is 22.6. The van der Waals surface area contributed by atoms with E-state index < -0.39 is 0 Å². The number of aryl methyl sites for hydroxylation is 4. The van der Waals surface area contributed by atoms with Crippen LogP contribution in [-0.2, 0) is 30.5 Å². The zero-order valence-electron chi connectivity index (χ0n) is 24.9. The summed E-state index contributed by atoms with van der Waals surface area (Å²) in [6, 6.07) is 17.2. The van der Waals surface area contributed by atoms with Gasteiger partial charge in [-0.1, -0.05) is 11.6 Å². The maximum absolute atomic E-state index is 12.9. The molecule has 0 unspecified atom stereocenters. The van der Waals surface area contributed by atoms with Crippen molar-refractivity contribution in [1.29, 1.82) is 5.26 Å². The number of fused-ring (bicyclic) bond motifs is 3. The predicted molar refractivity (Wildman–Crippen MR) is 185 cm³/mol. The van der Waals surface area contributed by atoms with Gasteiger partial charge in [-0.05, 0) is 110 Å². The predicted octanol–water partition coefficient (Wildman–Crippen LogP) is 7.55. The average molecular weight is 691 g/mol. The Morgan fingerprint density at radius 3 is 2.02 bits per heavy atom. The molecule has 2 aromatic carbocycles. The number of halogens is 3. The molecule has 2 aliphatic rings. The summed E-state index contributed by atoms with van der Waals surface area (Å²) in [6.45, 7) is 0. The van der Waals surface area contributed by atoms with Crippen molar-refractivity contribution in [2.45, 2.75) is 38.5 Å². The molecule has 3 heterocycles. The van der Waals surface area contributed by atoms with Crippen molar-refractivity contribution in [1.82, 2.24) is 9.97 Å². The highest BCUT2D eigenvalue weighted by molar-refractivity contribution is 7.81. The number of nitrogens with zero attached hydrogens (tertiary/aromatic N) is 3. The third-order valence-corrected chi connectivity index (χ3v) is 9.14. The third kappa shape index (κ3) is 8.43. The van der Waals surface area contributed by atoms with Crippen LogP contribution in [0.1, 0.15) is 50.6 Å². The van der Waals surface area contributed by atoms with Gasteiger partial charge in [0.1, 0.15) is 32.6 Å². The molecule has 4 N–H and O–H groups in total. The van der Waals surface area contributed by atoms with Crippen LogP contribution in [0.2, 0.25) is 5.15 Å². The maximum Gasteiger partial charge on any atom is 0.267 e. The molecule has 2 amide bonds. The van der Waals surface area contributed by atoms with E-state index in [1.165, 1.54) is 71.0 Å². The van der Waals surface area contributed by atoms with Gasteiger partial charge in [0, 0.05) is 28.1 Å². The summed E-state index contributed by atoms with van der Waals surface area (Å²) >= 11 is 10.9. The van der Waals surface area contributed by atoms with E-state index in [0.29, 0.717) is 32.7 Å². The Morgan fingerprint density at radius 1 is 0.894 bits per heavy atom. The fraction of sp³-hybridized carbons (Fsp3) is 0.206. The Hall–Kier alpha value is -4.57. The number of thiophene rings is 1. The Bertz CT molecular complexity index is 1980. The van der Waals surface area contributed by atoms with Gasteiger partial charge in [-0.25, -0.2) is 18.7 Å². The minimum absolute atomic E-state index is 0.122. The Kier molecular flexibility index (Phi) is 11.0. The molecule has 13 heteroatoms. The number of nitriles is 1. The molecule has 0 saturated heterocycles. The van der Waals surface area contributed by atoms with Gasteiger partial charge in [-0.15, -0.1) is 11.3 Å². The van der Waals surface area contributed by atoms with Gasteiger partial charge < -0.3 is 16.4 Å². The van der Waals surface area contributed by atoms with Crippen molar-refractivity contribution >= 4 is 74.7 Å². The fourth-order valence-electron chi connectivity index (χ4n) is 5.15. The number of anilines is 3. The molecule has 0 bridgehead atoms. The Labute approximate surface area is 284 Å². The highest BCUT2D eigenvalue weighted by Gasteiger charge is 2.21. The quantitative estimate of drug-likeness (QED) is 0.114. The summed E-state index contributed by atoms with van der Waals surface area (Å²) in [5.41, 5.74) is 12.8. The number of carbonyl (C=O) groups is 2. The van der Waals surface area contributed by atoms with Crippen LogP contribution in [0.15, 0.2) is 60.7 Å². The molecule has 0 atom stereocenters. The van der Waals surface area contributed by atoms with E-state index in [2.05, 4.69) is 39.3 Å². The van der Waals surface area contributed by atoms with Crippen molar-refractivity contribution in [2.24, 2.45) is 0 Å². The molecule has 2 aliphatic carbocycles. The minimum Gasteiger partial charge on any atom is -0.397 e. The monoisotopic (exact) mass is 690 g/mol. The van der Waals surface area contributed by atoms with Crippen LogP contribution in [0.3, 0.4) is 0 Å². The third-order valence-electron chi connectivity index (χ3n) is 7.45. The summed E-state index contributed by atoms with van der Waals surface area (Å²) in [7, 11) is 0. The molecule has 0 spiro atoms. The number of aromatic nitrogens is 2. The number of nitrogens with two attached hydrogens (primary N) is 1. The lowest BCUT2D eigenvalue weighted by atomic mass is 10.1. The van der Waals surface area contributed by atoms with Gasteiger partial charge in [0.25, 0.3) is 5.91 Å². The summed E-state index contributed by atoms with van der Waals surface area (Å²) in [6.07, 6.45) is 6.30. The lowest BCUT2D eigenvalue weighted by Gasteiger charge is -2.04. The Morgan fingerprint density at radius 2 is 1.45 bits per heavy atom. The normalized spacial score (nSPS) is 12.5. The van der Waals surface area contributed by atoms with Gasteiger partial charge in [0.15, 0.2) is 0 Å². The van der Waals surface area contributed by atoms with Crippen LogP contribution in [0.4, 0.5) is 25.8 Å². The van der Waals surface area contributed by atoms with E-state index in [9.17, 15) is 18.4 Å². The van der Waals surface area contributed by atoms with Gasteiger partial charge >= 0.3 is 0 Å². The first-order valence-corrected chi connectivity index (χ1v) is 16.5. The maximum atomic E-state index is 12.9. The minimum atomic E-state index is -0.344. The van der Waals surface area contributed by atoms with E-state index in [-0.39, 0.29) is 29.2 Å². The number of amides is 2. The molecule has 5 aromatic rings. The number of nitrogens with one attached hydrogen (secondary N) is 2. The number of thiol groups is 1. The number of hydrogen-bond donors (Lipinski definition) is 4. The van der Waals surface area contributed by atoms with Gasteiger partial charge in [0.05, 0.1) is 17.0 Å². The van der Waals surface area contributed by atoms with E-state index >= 15 is 0 Å². The van der Waals surface area contributed by atoms with Crippen LogP contribution in [0.5, 0.6) is 0 Å². The Balaban J connectivity index is 0.000000153. The van der Waals surface area contributed by atoms with Gasteiger partial charge in [-0.2, -0.15) is 17.9 Å². The molecule has 240 valence electrons. The highest BCUT2D eigenvalue weighted by atomic mass is 35.5. The summed E-state index contributed by atoms with van der Waals surface area (Å²) < 4.78 is 25.3. The zero-order valence-corrected chi connectivity index (χ0v) is 27.4. The molecule has 0 fully saturated rings. The van der Waals surface area contributed by atoms with Crippen LogP contribution in [-0.4, -0.2) is 27.5 Å². The van der Waals surface area contributed by atoms with Crippen LogP contribution in [0, 0.1) is 23.0 Å². The SMILES string of the molecule is N#Cc1cc2c(nc1Cl)CCC2.Nc1c(C(=O)Nc2ccc(F)cc2)sc2nc3c(cc12)CCC3.O=C(CS)Nc1ccc(F)cc1. The number of rotatable bonds is 4. The molecular formula is C34H29ClF2N6O2S2. The second-order valence-corrected chi connectivity index (χ2v) is 12.4. The van der Waals surface area contributed by atoms with Crippen molar-refractivity contribution in [3.63, 3.8) is 0 Å².